The van der Waals surface area contributed by atoms with E-state index in [0.29, 0.717) is 6.04 Å². The number of rotatable bonds is 4. The molecule has 0 spiro atoms. The molecule has 1 aliphatic carbocycles. The molecule has 3 heteroatoms. The Morgan fingerprint density at radius 2 is 2.35 bits per heavy atom. The maximum atomic E-state index is 11.7. The van der Waals surface area contributed by atoms with Crippen LogP contribution in [0, 0.1) is 0 Å². The van der Waals surface area contributed by atoms with E-state index in [9.17, 15) is 9.90 Å². The third kappa shape index (κ3) is 2.25. The van der Waals surface area contributed by atoms with Crippen LogP contribution in [0.5, 0.6) is 0 Å². The molecule has 0 amide bonds. The molecule has 1 N–H and O–H groups in total. The number of nitrogens with zero attached hydrogens (tertiary/aromatic N) is 1. The zero-order valence-corrected chi connectivity index (χ0v) is 10.7. The number of allylic oxidation sites excluding steroid dienone is 1. The summed E-state index contributed by atoms with van der Waals surface area (Å²) in [6.07, 6.45) is 11.5. The SMILES string of the molecule is CCCC1(C(=O)O)CCCN1C1C=CCCC1. The van der Waals surface area contributed by atoms with Crippen molar-refractivity contribution in [2.75, 3.05) is 6.54 Å². The molecule has 2 rings (SSSR count). The van der Waals surface area contributed by atoms with Crippen LogP contribution in [0.1, 0.15) is 51.9 Å². The average Bonchev–Trinajstić information content (AvgIpc) is 2.76. The Hall–Kier alpha value is -0.830. The minimum absolute atomic E-state index is 0.355. The Kier molecular flexibility index (Phi) is 3.87. The summed E-state index contributed by atoms with van der Waals surface area (Å²) >= 11 is 0. The van der Waals surface area contributed by atoms with Gasteiger partial charge in [0.15, 0.2) is 0 Å². The lowest BCUT2D eigenvalue weighted by Gasteiger charge is -2.40. The van der Waals surface area contributed by atoms with E-state index in [2.05, 4.69) is 24.0 Å². The second kappa shape index (κ2) is 5.21. The van der Waals surface area contributed by atoms with Crippen LogP contribution in [0.2, 0.25) is 0 Å². The van der Waals surface area contributed by atoms with Gasteiger partial charge < -0.3 is 5.11 Å². The molecule has 1 aliphatic heterocycles. The summed E-state index contributed by atoms with van der Waals surface area (Å²) in [7, 11) is 0. The Labute approximate surface area is 103 Å². The fourth-order valence-electron chi connectivity index (χ4n) is 3.46. The number of likely N-dealkylation sites (tertiary alicyclic amines) is 1. The molecule has 96 valence electrons. The van der Waals surface area contributed by atoms with Gasteiger partial charge >= 0.3 is 5.97 Å². The lowest BCUT2D eigenvalue weighted by Crippen LogP contribution is -2.54. The maximum Gasteiger partial charge on any atom is 0.324 e. The first-order valence-corrected chi connectivity index (χ1v) is 6.87. The van der Waals surface area contributed by atoms with E-state index in [0.717, 1.165) is 45.1 Å². The molecule has 1 saturated heterocycles. The number of hydrogen-bond acceptors (Lipinski definition) is 2. The third-order valence-corrected chi connectivity index (χ3v) is 4.23. The minimum Gasteiger partial charge on any atom is -0.480 e. The number of aliphatic carboxylic acids is 1. The van der Waals surface area contributed by atoms with Crippen LogP contribution >= 0.6 is 0 Å². The van der Waals surface area contributed by atoms with Gasteiger partial charge in [0.25, 0.3) is 0 Å². The summed E-state index contributed by atoms with van der Waals surface area (Å²) in [5, 5.41) is 9.63. The van der Waals surface area contributed by atoms with Gasteiger partial charge in [-0.1, -0.05) is 25.5 Å². The molecule has 1 fully saturated rings. The smallest absolute Gasteiger partial charge is 0.324 e. The summed E-state index contributed by atoms with van der Waals surface area (Å²) < 4.78 is 0. The lowest BCUT2D eigenvalue weighted by atomic mass is 9.88. The van der Waals surface area contributed by atoms with E-state index in [1.54, 1.807) is 0 Å². The number of carboxylic acids is 1. The molecule has 1 heterocycles. The van der Waals surface area contributed by atoms with Crippen LogP contribution in [-0.2, 0) is 4.79 Å². The first kappa shape index (κ1) is 12.6. The van der Waals surface area contributed by atoms with Crippen molar-refractivity contribution >= 4 is 5.97 Å². The van der Waals surface area contributed by atoms with Gasteiger partial charge in [0.1, 0.15) is 5.54 Å². The van der Waals surface area contributed by atoms with Crippen molar-refractivity contribution in [2.24, 2.45) is 0 Å². The summed E-state index contributed by atoms with van der Waals surface area (Å²) in [5.74, 6) is -0.615. The Balaban J connectivity index is 2.21. The number of carbonyl (C=O) groups is 1. The van der Waals surface area contributed by atoms with Crippen molar-refractivity contribution in [1.82, 2.24) is 4.90 Å². The average molecular weight is 237 g/mol. The molecule has 0 radical (unpaired) electrons. The molecule has 0 aromatic carbocycles. The molecule has 17 heavy (non-hydrogen) atoms. The van der Waals surface area contributed by atoms with E-state index in [1.165, 1.54) is 6.42 Å². The minimum atomic E-state index is -0.615. The quantitative estimate of drug-likeness (QED) is 0.764. The highest BCUT2D eigenvalue weighted by Gasteiger charge is 2.48. The summed E-state index contributed by atoms with van der Waals surface area (Å²) in [6.45, 7) is 3.03. The molecule has 0 saturated carbocycles. The fourth-order valence-corrected chi connectivity index (χ4v) is 3.46. The zero-order valence-electron chi connectivity index (χ0n) is 10.7. The van der Waals surface area contributed by atoms with E-state index in [1.807, 2.05) is 0 Å². The van der Waals surface area contributed by atoms with Gasteiger partial charge in [-0.3, -0.25) is 9.69 Å². The van der Waals surface area contributed by atoms with Crippen molar-refractivity contribution in [3.05, 3.63) is 12.2 Å². The van der Waals surface area contributed by atoms with E-state index >= 15 is 0 Å². The topological polar surface area (TPSA) is 40.5 Å². The predicted molar refractivity (Wildman–Crippen MR) is 68.0 cm³/mol. The Morgan fingerprint density at radius 1 is 1.53 bits per heavy atom. The molecule has 0 aromatic heterocycles. The molecule has 3 nitrogen and oxygen atoms in total. The van der Waals surface area contributed by atoms with E-state index < -0.39 is 11.5 Å². The van der Waals surface area contributed by atoms with Crippen LogP contribution in [0.25, 0.3) is 0 Å². The van der Waals surface area contributed by atoms with Crippen LogP contribution in [0.3, 0.4) is 0 Å². The van der Waals surface area contributed by atoms with Gasteiger partial charge in [-0.2, -0.15) is 0 Å². The first-order chi connectivity index (χ1) is 8.20. The van der Waals surface area contributed by atoms with Crippen LogP contribution < -0.4 is 0 Å². The predicted octanol–water partition coefficient (Wildman–Crippen LogP) is 2.81. The van der Waals surface area contributed by atoms with Crippen molar-refractivity contribution < 1.29 is 9.90 Å². The summed E-state index contributed by atoms with van der Waals surface area (Å²) in [6, 6.07) is 0.355. The van der Waals surface area contributed by atoms with Crippen molar-refractivity contribution in [1.29, 1.82) is 0 Å². The molecular weight excluding hydrogens is 214 g/mol. The van der Waals surface area contributed by atoms with Crippen molar-refractivity contribution in [3.63, 3.8) is 0 Å². The molecule has 2 aliphatic rings. The van der Waals surface area contributed by atoms with Gasteiger partial charge in [-0.15, -0.1) is 0 Å². The fraction of sp³-hybridized carbons (Fsp3) is 0.786. The highest BCUT2D eigenvalue weighted by molar-refractivity contribution is 5.79. The van der Waals surface area contributed by atoms with Gasteiger partial charge in [0.05, 0.1) is 0 Å². The van der Waals surface area contributed by atoms with Crippen molar-refractivity contribution in [3.8, 4) is 0 Å². The van der Waals surface area contributed by atoms with Gasteiger partial charge in [0, 0.05) is 6.04 Å². The third-order valence-electron chi connectivity index (χ3n) is 4.23. The molecule has 2 atom stereocenters. The molecule has 2 unspecified atom stereocenters. The van der Waals surface area contributed by atoms with Crippen LogP contribution in [-0.4, -0.2) is 34.1 Å². The van der Waals surface area contributed by atoms with Gasteiger partial charge in [-0.05, 0) is 45.1 Å². The summed E-state index contributed by atoms with van der Waals surface area (Å²) in [5.41, 5.74) is -0.582. The number of hydrogen-bond donors (Lipinski definition) is 1. The maximum absolute atomic E-state index is 11.7. The second-order valence-corrected chi connectivity index (χ2v) is 5.31. The largest absolute Gasteiger partial charge is 0.480 e. The Morgan fingerprint density at radius 3 is 2.94 bits per heavy atom. The first-order valence-electron chi connectivity index (χ1n) is 6.87. The van der Waals surface area contributed by atoms with Crippen LogP contribution in [0.15, 0.2) is 12.2 Å². The van der Waals surface area contributed by atoms with E-state index in [4.69, 9.17) is 0 Å². The molecule has 0 bridgehead atoms. The molecule has 0 aromatic rings. The monoisotopic (exact) mass is 237 g/mol. The highest BCUT2D eigenvalue weighted by atomic mass is 16.4. The van der Waals surface area contributed by atoms with Crippen molar-refractivity contribution in [2.45, 2.75) is 63.5 Å². The molecular formula is C14H23NO2. The zero-order chi connectivity index (χ0) is 12.3. The van der Waals surface area contributed by atoms with Crippen LogP contribution in [0.4, 0.5) is 0 Å². The number of carboxylic acid groups (broad SMARTS) is 1. The van der Waals surface area contributed by atoms with Gasteiger partial charge in [-0.25, -0.2) is 0 Å². The van der Waals surface area contributed by atoms with E-state index in [-0.39, 0.29) is 0 Å². The standard InChI is InChI=1S/C14H23NO2/c1-2-9-14(13(16)17)10-6-11-15(14)12-7-4-3-5-8-12/h4,7,12H,2-3,5-6,8-11H2,1H3,(H,16,17). The second-order valence-electron chi connectivity index (χ2n) is 5.31. The lowest BCUT2D eigenvalue weighted by molar-refractivity contribution is -0.151. The summed E-state index contributed by atoms with van der Waals surface area (Å²) in [4.78, 5) is 14.0. The normalized spacial score (nSPS) is 34.1. The van der Waals surface area contributed by atoms with Gasteiger partial charge in [0.2, 0.25) is 0 Å². The highest BCUT2D eigenvalue weighted by Crippen LogP contribution is 2.37. The Bertz CT molecular complexity index is 313.